The highest BCUT2D eigenvalue weighted by molar-refractivity contribution is 7.99. The summed E-state index contributed by atoms with van der Waals surface area (Å²) in [5.41, 5.74) is -12.3. The molecule has 0 aliphatic carbocycles. The largest absolute Gasteiger partial charge is 0.431 e. The Bertz CT molecular complexity index is 582. The molecule has 0 rings (SSSR count). The van der Waals surface area contributed by atoms with E-state index in [-0.39, 0.29) is 18.1 Å². The number of hydrogen-bond donors (Lipinski definition) is 1. The molecule has 17 heteroatoms. The number of halogens is 14. The first-order chi connectivity index (χ1) is 15.2. The maximum atomic E-state index is 14.1. The Morgan fingerprint density at radius 3 is 1.29 bits per heavy atom. The molecule has 0 aromatic rings. The molecule has 0 aromatic carbocycles. The van der Waals surface area contributed by atoms with E-state index in [9.17, 15) is 66.6 Å². The van der Waals surface area contributed by atoms with Gasteiger partial charge in [0.25, 0.3) is 11.3 Å². The van der Waals surface area contributed by atoms with Crippen molar-refractivity contribution in [3.8, 4) is 0 Å². The van der Waals surface area contributed by atoms with Crippen LogP contribution in [0.3, 0.4) is 0 Å². The molecule has 2 nitrogen and oxygen atoms in total. The third-order valence-electron chi connectivity index (χ3n) is 4.91. The number of aliphatic hydroxyl groups excluding tert-OH is 1. The molecule has 0 fully saturated rings. The lowest BCUT2D eigenvalue weighted by atomic mass is 9.80. The van der Waals surface area contributed by atoms with E-state index < -0.39 is 73.7 Å². The van der Waals surface area contributed by atoms with Crippen molar-refractivity contribution in [3.63, 3.8) is 0 Å². The Morgan fingerprint density at radius 2 is 1.00 bits per heavy atom. The Morgan fingerprint density at radius 1 is 0.657 bits per heavy atom. The zero-order valence-corrected chi connectivity index (χ0v) is 19.5. The minimum atomic E-state index is -6.73. The van der Waals surface area contributed by atoms with Gasteiger partial charge in [-0.2, -0.15) is 64.4 Å². The summed E-state index contributed by atoms with van der Waals surface area (Å²) < 4.78 is 183. The number of thioether (sulfide) groups is 1. The molecule has 0 radical (unpaired) electrons. The summed E-state index contributed by atoms with van der Waals surface area (Å²) in [5.74, 6) is -3.18. The minimum Gasteiger partial charge on any atom is -0.386 e. The topological polar surface area (TPSA) is 20.2 Å². The molecule has 0 heterocycles. The van der Waals surface area contributed by atoms with E-state index in [2.05, 4.69) is 0 Å². The summed E-state index contributed by atoms with van der Waals surface area (Å²) in [4.78, 5) is 0. The standard InChI is InChI=1S/C18H26F14NOS/c1-33(2,3)9-12(34)10-35-6-4-5-11(7-13(19,15(21,22)23)16(24,25)26)8-14(20,17(27,28)29)18(30,31)32/h11-12,34H,4-10H2,1-3H3/q+1. The molecule has 0 aliphatic rings. The maximum absolute atomic E-state index is 14.1. The van der Waals surface area contributed by atoms with Crippen LogP contribution in [0, 0.1) is 5.92 Å². The first kappa shape index (κ1) is 34.3. The van der Waals surface area contributed by atoms with E-state index in [0.717, 1.165) is 11.8 Å². The van der Waals surface area contributed by atoms with E-state index in [1.165, 1.54) is 0 Å². The Hall–Kier alpha value is -0.710. The van der Waals surface area contributed by atoms with Crippen LogP contribution in [0.1, 0.15) is 25.7 Å². The van der Waals surface area contributed by atoms with E-state index in [4.69, 9.17) is 0 Å². The van der Waals surface area contributed by atoms with Crippen molar-refractivity contribution in [1.29, 1.82) is 0 Å². The van der Waals surface area contributed by atoms with Crippen molar-refractivity contribution in [1.82, 2.24) is 0 Å². The summed E-state index contributed by atoms with van der Waals surface area (Å²) in [5, 5.41) is 9.82. The van der Waals surface area contributed by atoms with Crippen molar-refractivity contribution in [2.24, 2.45) is 5.92 Å². The minimum absolute atomic E-state index is 0.0174. The van der Waals surface area contributed by atoms with Crippen LogP contribution in [0.25, 0.3) is 0 Å². The van der Waals surface area contributed by atoms with Gasteiger partial charge in [0, 0.05) is 18.6 Å². The summed E-state index contributed by atoms with van der Waals surface area (Å²) in [6.45, 7) is 0.221. The van der Waals surface area contributed by atoms with Gasteiger partial charge in [0.15, 0.2) is 0 Å². The molecule has 212 valence electrons. The van der Waals surface area contributed by atoms with Gasteiger partial charge < -0.3 is 9.59 Å². The van der Waals surface area contributed by atoms with Crippen LogP contribution >= 0.6 is 11.8 Å². The summed E-state index contributed by atoms with van der Waals surface area (Å²) >= 11 is 0.866. The molecule has 0 spiro atoms. The second kappa shape index (κ2) is 11.4. The lowest BCUT2D eigenvalue weighted by Crippen LogP contribution is -2.57. The number of quaternary nitrogens is 1. The number of rotatable bonds is 12. The predicted octanol–water partition coefficient (Wildman–Crippen LogP) is 6.63. The summed E-state index contributed by atoms with van der Waals surface area (Å²) in [6.07, 6.45) is -35.4. The smallest absolute Gasteiger partial charge is 0.386 e. The lowest BCUT2D eigenvalue weighted by Gasteiger charge is -2.37. The molecule has 1 unspecified atom stereocenters. The fraction of sp³-hybridized carbons (Fsp3) is 1.00. The van der Waals surface area contributed by atoms with Crippen LogP contribution < -0.4 is 0 Å². The van der Waals surface area contributed by atoms with E-state index >= 15 is 0 Å². The summed E-state index contributed by atoms with van der Waals surface area (Å²) in [7, 11) is 5.15. The van der Waals surface area contributed by atoms with E-state index in [1.807, 2.05) is 0 Å². The molecule has 0 saturated heterocycles. The Balaban J connectivity index is 5.76. The molecule has 0 saturated carbocycles. The van der Waals surface area contributed by atoms with Crippen LogP contribution in [-0.4, -0.2) is 90.9 Å². The molecule has 35 heavy (non-hydrogen) atoms. The number of likely N-dealkylation sites (N-methyl/N-ethyl adjacent to an activating group) is 1. The van der Waals surface area contributed by atoms with E-state index in [1.54, 1.807) is 21.1 Å². The number of hydrogen-bond acceptors (Lipinski definition) is 2. The van der Waals surface area contributed by atoms with Gasteiger partial charge in [0.2, 0.25) is 0 Å². The van der Waals surface area contributed by atoms with Crippen molar-refractivity contribution in [2.45, 2.75) is 67.8 Å². The van der Waals surface area contributed by atoms with E-state index in [0.29, 0.717) is 4.48 Å². The Labute approximate surface area is 196 Å². The second-order valence-electron chi connectivity index (χ2n) is 9.21. The average molecular weight is 570 g/mol. The van der Waals surface area contributed by atoms with Gasteiger partial charge in [-0.05, 0) is 24.5 Å². The number of aliphatic hydroxyl groups is 1. The second-order valence-corrected chi connectivity index (χ2v) is 10.4. The fourth-order valence-corrected chi connectivity index (χ4v) is 4.15. The maximum Gasteiger partial charge on any atom is 0.431 e. The zero-order valence-electron chi connectivity index (χ0n) is 18.7. The van der Waals surface area contributed by atoms with Gasteiger partial charge in [0.05, 0.1) is 21.1 Å². The van der Waals surface area contributed by atoms with Crippen molar-refractivity contribution >= 4 is 11.8 Å². The van der Waals surface area contributed by atoms with Gasteiger partial charge in [0.1, 0.15) is 12.6 Å². The molecule has 0 aliphatic heterocycles. The van der Waals surface area contributed by atoms with Gasteiger partial charge >= 0.3 is 24.7 Å². The van der Waals surface area contributed by atoms with Crippen molar-refractivity contribution < 1.29 is 71.1 Å². The highest BCUT2D eigenvalue weighted by Gasteiger charge is 2.75. The molecular formula is C18H26F14NOS+. The van der Waals surface area contributed by atoms with Crippen molar-refractivity contribution in [3.05, 3.63) is 0 Å². The first-order valence-corrected chi connectivity index (χ1v) is 11.0. The van der Waals surface area contributed by atoms with Gasteiger partial charge in [-0.1, -0.05) is 0 Å². The van der Waals surface area contributed by atoms with Gasteiger partial charge in [-0.3, -0.25) is 0 Å². The molecule has 0 bridgehead atoms. The van der Waals surface area contributed by atoms with Crippen LogP contribution in [-0.2, 0) is 0 Å². The van der Waals surface area contributed by atoms with Crippen LogP contribution in [0.15, 0.2) is 0 Å². The fourth-order valence-electron chi connectivity index (χ4n) is 3.23. The predicted molar refractivity (Wildman–Crippen MR) is 100 cm³/mol. The normalized spacial score (nSPS) is 16.2. The average Bonchev–Trinajstić information content (AvgIpc) is 2.55. The molecular weight excluding hydrogens is 544 g/mol. The third kappa shape index (κ3) is 9.59. The van der Waals surface area contributed by atoms with Crippen LogP contribution in [0.4, 0.5) is 61.5 Å². The molecule has 1 N–H and O–H groups in total. The van der Waals surface area contributed by atoms with Crippen molar-refractivity contribution in [2.75, 3.05) is 39.2 Å². The molecule has 0 aromatic heterocycles. The number of alkyl halides is 14. The SMILES string of the molecule is C[N+](C)(C)CC(O)CSCCCC(CC(F)(C(F)(F)F)C(F)(F)F)CC(F)(C(F)(F)F)C(F)(F)F. The Kier molecular flexibility index (Phi) is 11.1. The quantitative estimate of drug-likeness (QED) is 0.162. The van der Waals surface area contributed by atoms with Crippen LogP contribution in [0.5, 0.6) is 0 Å². The monoisotopic (exact) mass is 570 g/mol. The van der Waals surface area contributed by atoms with Gasteiger partial charge in [-0.25, -0.2) is 8.78 Å². The molecule has 1 atom stereocenters. The number of nitrogens with zero attached hydrogens (tertiary/aromatic N) is 1. The zero-order chi connectivity index (χ0) is 28.3. The summed E-state index contributed by atoms with van der Waals surface area (Å²) in [6, 6.07) is 0. The molecule has 0 amide bonds. The lowest BCUT2D eigenvalue weighted by molar-refractivity contribution is -0.873. The highest BCUT2D eigenvalue weighted by atomic mass is 32.2. The first-order valence-electron chi connectivity index (χ1n) is 9.89. The van der Waals surface area contributed by atoms with Crippen LogP contribution in [0.2, 0.25) is 0 Å². The van der Waals surface area contributed by atoms with Gasteiger partial charge in [-0.15, -0.1) is 0 Å². The highest BCUT2D eigenvalue weighted by Crippen LogP contribution is 2.55. The third-order valence-corrected chi connectivity index (χ3v) is 6.10.